The van der Waals surface area contributed by atoms with Crippen LogP contribution in [0.3, 0.4) is 0 Å². The van der Waals surface area contributed by atoms with Gasteiger partial charge >= 0.3 is 5.82 Å². The number of hydrogen-bond acceptors (Lipinski definition) is 4. The number of hydrogen-bond donors (Lipinski definition) is 1. The van der Waals surface area contributed by atoms with Crippen LogP contribution < -0.4 is 0 Å². The molecule has 0 radical (unpaired) electrons. The topological polar surface area (TPSA) is 75.1 Å². The van der Waals surface area contributed by atoms with E-state index in [1.165, 1.54) is 19.0 Å². The van der Waals surface area contributed by atoms with Crippen LogP contribution in [-0.2, 0) is 0 Å². The van der Waals surface area contributed by atoms with E-state index in [-0.39, 0.29) is 11.7 Å². The first-order valence-electron chi connectivity index (χ1n) is 8.10. The number of imidazole rings is 1. The number of nitro groups is 1. The van der Waals surface area contributed by atoms with Crippen molar-refractivity contribution in [2.24, 2.45) is 5.92 Å². The van der Waals surface area contributed by atoms with E-state index in [0.29, 0.717) is 5.82 Å². The fourth-order valence-corrected chi connectivity index (χ4v) is 3.13. The number of aromatic amines is 1. The molecule has 1 N–H and O–H groups in total. The Kier molecular flexibility index (Phi) is 4.71. The third kappa shape index (κ3) is 3.76. The van der Waals surface area contributed by atoms with E-state index in [1.807, 2.05) is 18.2 Å². The zero-order chi connectivity index (χ0) is 16.2. The predicted molar refractivity (Wildman–Crippen MR) is 88.4 cm³/mol. The van der Waals surface area contributed by atoms with Gasteiger partial charge in [0.1, 0.15) is 6.20 Å². The fraction of sp³-hybridized carbons (Fsp3) is 0.471. The van der Waals surface area contributed by atoms with Gasteiger partial charge in [-0.1, -0.05) is 37.3 Å². The van der Waals surface area contributed by atoms with Crippen LogP contribution in [-0.4, -0.2) is 39.4 Å². The lowest BCUT2D eigenvalue weighted by atomic mass is 9.94. The van der Waals surface area contributed by atoms with E-state index in [0.717, 1.165) is 31.1 Å². The quantitative estimate of drug-likeness (QED) is 0.679. The highest BCUT2D eigenvalue weighted by Gasteiger charge is 2.26. The van der Waals surface area contributed by atoms with E-state index in [2.05, 4.69) is 33.9 Å². The molecule has 1 unspecified atom stereocenters. The molecule has 0 saturated carbocycles. The van der Waals surface area contributed by atoms with Crippen LogP contribution in [0.2, 0.25) is 0 Å². The standard InChI is InChI=1S/C17H22N4O2/c1-13-7-9-20(10-8-13)12-15(14-5-3-2-4-6-14)17-18-11-16(19-17)21(22)23/h2-6,11,13,15H,7-10,12H2,1H3,(H,18,19). The number of nitrogens with one attached hydrogen (secondary N) is 1. The monoisotopic (exact) mass is 314 g/mol. The number of likely N-dealkylation sites (tertiary alicyclic amines) is 1. The van der Waals surface area contributed by atoms with Gasteiger partial charge in [0, 0.05) is 6.54 Å². The van der Waals surface area contributed by atoms with E-state index in [9.17, 15) is 10.1 Å². The van der Waals surface area contributed by atoms with Crippen molar-refractivity contribution in [3.05, 3.63) is 58.0 Å². The highest BCUT2D eigenvalue weighted by molar-refractivity contribution is 5.29. The molecule has 2 heterocycles. The van der Waals surface area contributed by atoms with Gasteiger partial charge in [0.2, 0.25) is 5.82 Å². The molecule has 6 heteroatoms. The predicted octanol–water partition coefficient (Wildman–Crippen LogP) is 3.18. The normalized spacial score (nSPS) is 18.0. The summed E-state index contributed by atoms with van der Waals surface area (Å²) in [5.74, 6) is 1.43. The molecule has 1 fully saturated rings. The molecule has 2 aromatic rings. The van der Waals surface area contributed by atoms with E-state index in [1.54, 1.807) is 0 Å². The summed E-state index contributed by atoms with van der Waals surface area (Å²) in [6, 6.07) is 10.1. The Morgan fingerprint density at radius 3 is 2.65 bits per heavy atom. The first-order valence-corrected chi connectivity index (χ1v) is 8.10. The van der Waals surface area contributed by atoms with E-state index >= 15 is 0 Å². The summed E-state index contributed by atoms with van der Waals surface area (Å²) in [5.41, 5.74) is 1.13. The zero-order valence-electron chi connectivity index (χ0n) is 13.3. The second-order valence-corrected chi connectivity index (χ2v) is 6.36. The van der Waals surface area contributed by atoms with E-state index < -0.39 is 4.92 Å². The number of benzene rings is 1. The SMILES string of the molecule is CC1CCN(CC(c2ccccc2)c2ncc([N+](=O)[O-])[nH]2)CC1. The first kappa shape index (κ1) is 15.7. The minimum Gasteiger partial charge on any atom is -0.358 e. The average Bonchev–Trinajstić information content (AvgIpc) is 3.05. The maximum atomic E-state index is 10.9. The molecular formula is C17H22N4O2. The molecule has 23 heavy (non-hydrogen) atoms. The van der Waals surface area contributed by atoms with Crippen LogP contribution in [0, 0.1) is 16.0 Å². The van der Waals surface area contributed by atoms with Crippen molar-refractivity contribution in [1.29, 1.82) is 0 Å². The van der Waals surface area contributed by atoms with Gasteiger partial charge in [-0.25, -0.2) is 9.97 Å². The lowest BCUT2D eigenvalue weighted by Gasteiger charge is -2.32. The molecule has 1 atom stereocenters. The third-order valence-electron chi connectivity index (χ3n) is 4.63. The molecule has 122 valence electrons. The summed E-state index contributed by atoms with van der Waals surface area (Å²) >= 11 is 0. The Labute approximate surface area is 135 Å². The average molecular weight is 314 g/mol. The number of aromatic nitrogens is 2. The van der Waals surface area contributed by atoms with Crippen molar-refractivity contribution in [1.82, 2.24) is 14.9 Å². The summed E-state index contributed by atoms with van der Waals surface area (Å²) in [6.07, 6.45) is 3.73. The summed E-state index contributed by atoms with van der Waals surface area (Å²) in [6.45, 7) is 5.28. The van der Waals surface area contributed by atoms with Crippen molar-refractivity contribution in [3.8, 4) is 0 Å². The molecule has 1 aliphatic rings. The maximum Gasteiger partial charge on any atom is 0.340 e. The first-order chi connectivity index (χ1) is 11.1. The molecule has 1 aliphatic heterocycles. The maximum absolute atomic E-state index is 10.9. The van der Waals surface area contributed by atoms with E-state index in [4.69, 9.17) is 0 Å². The minimum atomic E-state index is -0.429. The highest BCUT2D eigenvalue weighted by Crippen LogP contribution is 2.27. The van der Waals surface area contributed by atoms with Gasteiger partial charge in [-0.2, -0.15) is 0 Å². The van der Waals surface area contributed by atoms with Crippen LogP contribution in [0.15, 0.2) is 36.5 Å². The second kappa shape index (κ2) is 6.91. The van der Waals surface area contributed by atoms with Gasteiger partial charge in [-0.05, 0) is 42.3 Å². The van der Waals surface area contributed by atoms with Crippen molar-refractivity contribution in [2.75, 3.05) is 19.6 Å². The molecule has 0 spiro atoms. The summed E-state index contributed by atoms with van der Waals surface area (Å²) in [7, 11) is 0. The summed E-state index contributed by atoms with van der Waals surface area (Å²) in [5, 5.41) is 10.9. The van der Waals surface area contributed by atoms with Gasteiger partial charge < -0.3 is 15.0 Å². The summed E-state index contributed by atoms with van der Waals surface area (Å²) < 4.78 is 0. The largest absolute Gasteiger partial charge is 0.358 e. The molecule has 1 aromatic heterocycles. The Morgan fingerprint density at radius 1 is 1.35 bits per heavy atom. The number of rotatable bonds is 5. The van der Waals surface area contributed by atoms with Crippen molar-refractivity contribution >= 4 is 5.82 Å². The second-order valence-electron chi connectivity index (χ2n) is 6.36. The number of H-pyrrole nitrogens is 1. The number of piperidine rings is 1. The molecule has 0 amide bonds. The molecule has 6 nitrogen and oxygen atoms in total. The minimum absolute atomic E-state index is 0.0262. The Hall–Kier alpha value is -2.21. The molecular weight excluding hydrogens is 292 g/mol. The molecule has 1 aromatic carbocycles. The van der Waals surface area contributed by atoms with Gasteiger partial charge in [-0.3, -0.25) is 0 Å². The van der Waals surface area contributed by atoms with Gasteiger partial charge in [0.05, 0.1) is 5.92 Å². The smallest absolute Gasteiger partial charge is 0.340 e. The highest BCUT2D eigenvalue weighted by atomic mass is 16.6. The molecule has 3 rings (SSSR count). The van der Waals surface area contributed by atoms with Crippen LogP contribution in [0.4, 0.5) is 5.82 Å². The third-order valence-corrected chi connectivity index (χ3v) is 4.63. The summed E-state index contributed by atoms with van der Waals surface area (Å²) in [4.78, 5) is 20.1. The molecule has 1 saturated heterocycles. The van der Waals surface area contributed by atoms with Gasteiger partial charge in [0.15, 0.2) is 0 Å². The Bertz CT molecular complexity index is 648. The van der Waals surface area contributed by atoms with Crippen molar-refractivity contribution < 1.29 is 4.92 Å². The lowest BCUT2D eigenvalue weighted by Crippen LogP contribution is -2.36. The van der Waals surface area contributed by atoms with Gasteiger partial charge in [-0.15, -0.1) is 0 Å². The van der Waals surface area contributed by atoms with Crippen LogP contribution in [0.5, 0.6) is 0 Å². The Balaban J connectivity index is 1.83. The lowest BCUT2D eigenvalue weighted by molar-refractivity contribution is -0.389. The van der Waals surface area contributed by atoms with Crippen LogP contribution in [0.1, 0.15) is 37.1 Å². The van der Waals surface area contributed by atoms with Crippen LogP contribution in [0.25, 0.3) is 0 Å². The van der Waals surface area contributed by atoms with Crippen molar-refractivity contribution in [2.45, 2.75) is 25.7 Å². The molecule has 0 aliphatic carbocycles. The van der Waals surface area contributed by atoms with Crippen molar-refractivity contribution in [3.63, 3.8) is 0 Å². The molecule has 0 bridgehead atoms. The van der Waals surface area contributed by atoms with Gasteiger partial charge in [0.25, 0.3) is 0 Å². The Morgan fingerprint density at radius 2 is 2.04 bits per heavy atom. The number of nitrogens with zero attached hydrogens (tertiary/aromatic N) is 3. The fourth-order valence-electron chi connectivity index (χ4n) is 3.13. The van der Waals surface area contributed by atoms with Crippen LogP contribution >= 0.6 is 0 Å². The zero-order valence-corrected chi connectivity index (χ0v) is 13.3.